The zero-order chi connectivity index (χ0) is 40.3. The van der Waals surface area contributed by atoms with E-state index in [1.807, 2.05) is 6.92 Å². The van der Waals surface area contributed by atoms with E-state index in [-0.39, 0.29) is 37.5 Å². The van der Waals surface area contributed by atoms with E-state index in [1.165, 1.54) is 0 Å². The minimum Gasteiger partial charge on any atom is -0.203 e. The van der Waals surface area contributed by atoms with E-state index in [9.17, 15) is 83.4 Å². The quantitative estimate of drug-likeness (QED) is 0.106. The molecule has 302 valence electrons. The van der Waals surface area contributed by atoms with Gasteiger partial charge >= 0.3 is 47.6 Å². The van der Waals surface area contributed by atoms with E-state index < -0.39 is 87.9 Å². The highest BCUT2D eigenvalue weighted by molar-refractivity contribution is 5.37. The summed E-state index contributed by atoms with van der Waals surface area (Å²) in [6, 6.07) is 0. The Morgan fingerprint density at radius 2 is 0.808 bits per heavy atom. The summed E-state index contributed by atoms with van der Waals surface area (Å²) in [7, 11) is 0. The molecule has 0 heterocycles. The lowest BCUT2D eigenvalue weighted by atomic mass is 9.67. The SMILES string of the molecule is CCCCC[C@H]1CC[C@H]([C@H]2CC[C@H](c3c(F)c(F)c(C(F)(F)C(F)(F)C(F)(F)C(F)(F)C(F)(F)C(F)(F)C(F)(F)C(F)(F)F)c(F)c3F)CC2)CC1. The Bertz CT molecular complexity index is 1370. The average molecular weight is 803 g/mol. The van der Waals surface area contributed by atoms with Crippen molar-refractivity contribution in [3.8, 4) is 0 Å². The molecule has 2 saturated carbocycles. The molecule has 0 radical (unpaired) electrons. The molecule has 0 unspecified atom stereocenters. The summed E-state index contributed by atoms with van der Waals surface area (Å²) in [6.45, 7) is 2.05. The maximum Gasteiger partial charge on any atom is 0.460 e. The fourth-order valence-electron chi connectivity index (χ4n) is 7.11. The van der Waals surface area contributed by atoms with Crippen LogP contribution >= 0.6 is 0 Å². The third-order valence-electron chi connectivity index (χ3n) is 10.3. The molecule has 0 aromatic heterocycles. The molecule has 0 aliphatic heterocycles. The first-order valence-corrected chi connectivity index (χ1v) is 16.0. The standard InChI is InChI=1S/C31H31F21/c1-2-3-4-5-14-6-8-15(9-7-14)16-10-12-17(13-11-16)18-20(32)22(34)19(23(35)21(18)33)24(36,37)25(38,39)26(40,41)27(42,43)28(44,45)29(46,47)30(48,49)31(50,51)52/h14-17H,2-13H2,1H3/t14-,15-,16-,17-. The zero-order valence-corrected chi connectivity index (χ0v) is 26.7. The second-order valence-corrected chi connectivity index (χ2v) is 13.5. The second-order valence-electron chi connectivity index (χ2n) is 13.5. The van der Waals surface area contributed by atoms with E-state index in [0.717, 1.165) is 51.4 Å². The monoisotopic (exact) mass is 802 g/mol. The third-order valence-corrected chi connectivity index (χ3v) is 10.3. The van der Waals surface area contributed by atoms with Gasteiger partial charge in [0.05, 0.1) is 0 Å². The van der Waals surface area contributed by atoms with Crippen molar-refractivity contribution in [2.24, 2.45) is 17.8 Å². The lowest BCUT2D eigenvalue weighted by Gasteiger charge is -2.43. The summed E-state index contributed by atoms with van der Waals surface area (Å²) in [5, 5.41) is 0. The van der Waals surface area contributed by atoms with Gasteiger partial charge in [0.25, 0.3) is 0 Å². The summed E-state index contributed by atoms with van der Waals surface area (Å²) in [5.41, 5.74) is -5.81. The number of hydrogen-bond donors (Lipinski definition) is 0. The summed E-state index contributed by atoms with van der Waals surface area (Å²) in [5.74, 6) is -74.5. The van der Waals surface area contributed by atoms with Crippen molar-refractivity contribution in [1.29, 1.82) is 0 Å². The molecule has 0 bridgehead atoms. The Balaban J connectivity index is 1.93. The van der Waals surface area contributed by atoms with Crippen LogP contribution in [-0.2, 0) is 5.92 Å². The normalized spacial score (nSPS) is 23.7. The van der Waals surface area contributed by atoms with Gasteiger partial charge in [-0.1, -0.05) is 45.4 Å². The molecule has 21 heteroatoms. The predicted molar refractivity (Wildman–Crippen MR) is 140 cm³/mol. The van der Waals surface area contributed by atoms with Gasteiger partial charge in [0, 0.05) is 5.56 Å². The van der Waals surface area contributed by atoms with Gasteiger partial charge in [0.15, 0.2) is 23.3 Å². The van der Waals surface area contributed by atoms with Crippen molar-refractivity contribution in [1.82, 2.24) is 0 Å². The van der Waals surface area contributed by atoms with Gasteiger partial charge in [0.1, 0.15) is 5.56 Å². The van der Waals surface area contributed by atoms with Crippen LogP contribution in [0.1, 0.15) is 101 Å². The van der Waals surface area contributed by atoms with Gasteiger partial charge < -0.3 is 0 Å². The maximum atomic E-state index is 15.0. The number of alkyl halides is 17. The highest BCUT2D eigenvalue weighted by Crippen LogP contribution is 2.65. The van der Waals surface area contributed by atoms with Gasteiger partial charge in [-0.25, -0.2) is 17.6 Å². The van der Waals surface area contributed by atoms with Crippen LogP contribution in [0.15, 0.2) is 0 Å². The molecule has 2 aliphatic rings. The van der Waals surface area contributed by atoms with E-state index >= 15 is 8.78 Å². The van der Waals surface area contributed by atoms with Crippen LogP contribution < -0.4 is 0 Å². The molecule has 0 amide bonds. The summed E-state index contributed by atoms with van der Waals surface area (Å²) in [6.07, 6.45) is -0.565. The topological polar surface area (TPSA) is 0 Å². The first kappa shape index (κ1) is 44.1. The smallest absolute Gasteiger partial charge is 0.203 e. The molecule has 1 aromatic rings. The van der Waals surface area contributed by atoms with Crippen LogP contribution in [0.5, 0.6) is 0 Å². The van der Waals surface area contributed by atoms with Gasteiger partial charge in [-0.2, -0.15) is 74.6 Å². The van der Waals surface area contributed by atoms with Crippen LogP contribution in [0.4, 0.5) is 92.2 Å². The fourth-order valence-corrected chi connectivity index (χ4v) is 7.11. The third kappa shape index (κ3) is 6.81. The Hall–Kier alpha value is -2.25. The summed E-state index contributed by atoms with van der Waals surface area (Å²) in [4.78, 5) is 0. The minimum absolute atomic E-state index is 0.0542. The van der Waals surface area contributed by atoms with Crippen LogP contribution in [0.3, 0.4) is 0 Å². The Kier molecular flexibility index (Phi) is 12.3. The van der Waals surface area contributed by atoms with Crippen LogP contribution in [0.2, 0.25) is 0 Å². The van der Waals surface area contributed by atoms with Crippen molar-refractivity contribution < 1.29 is 92.2 Å². The summed E-state index contributed by atoms with van der Waals surface area (Å²) < 4.78 is 292. The van der Waals surface area contributed by atoms with Crippen LogP contribution in [-0.4, -0.2) is 41.7 Å². The Morgan fingerprint density at radius 3 is 1.19 bits per heavy atom. The molecule has 1 aromatic carbocycles. The van der Waals surface area contributed by atoms with E-state index in [1.54, 1.807) is 0 Å². The van der Waals surface area contributed by atoms with Gasteiger partial charge in [-0.05, 0) is 62.2 Å². The molecule has 0 nitrogen and oxygen atoms in total. The first-order chi connectivity index (χ1) is 23.4. The van der Waals surface area contributed by atoms with Crippen molar-refractivity contribution in [3.63, 3.8) is 0 Å². The van der Waals surface area contributed by atoms with Crippen LogP contribution in [0, 0.1) is 41.0 Å². The highest BCUT2D eigenvalue weighted by atomic mass is 19.4. The Labute approximate surface area is 282 Å². The molecule has 0 atom stereocenters. The number of hydrogen-bond acceptors (Lipinski definition) is 0. The largest absolute Gasteiger partial charge is 0.460 e. The molecule has 3 rings (SSSR count). The molecule has 0 saturated heterocycles. The number of unbranched alkanes of at least 4 members (excludes halogenated alkanes) is 2. The lowest BCUT2D eigenvalue weighted by molar-refractivity contribution is -0.463. The second kappa shape index (κ2) is 14.4. The van der Waals surface area contributed by atoms with E-state index in [4.69, 9.17) is 0 Å². The average Bonchev–Trinajstić information content (AvgIpc) is 3.03. The van der Waals surface area contributed by atoms with Crippen molar-refractivity contribution in [2.75, 3.05) is 0 Å². The Morgan fingerprint density at radius 1 is 0.442 bits per heavy atom. The predicted octanol–water partition coefficient (Wildman–Crippen LogP) is 13.4. The molecule has 0 spiro atoms. The maximum absolute atomic E-state index is 15.0. The molecule has 0 N–H and O–H groups in total. The number of benzene rings is 1. The van der Waals surface area contributed by atoms with Gasteiger partial charge in [-0.15, -0.1) is 0 Å². The molecular formula is C31H31F21. The first-order valence-electron chi connectivity index (χ1n) is 16.0. The van der Waals surface area contributed by atoms with E-state index in [2.05, 4.69) is 0 Å². The van der Waals surface area contributed by atoms with Crippen LogP contribution in [0.25, 0.3) is 0 Å². The van der Waals surface area contributed by atoms with Crippen molar-refractivity contribution >= 4 is 0 Å². The molecule has 2 aliphatic carbocycles. The van der Waals surface area contributed by atoms with Gasteiger partial charge in [-0.3, -0.25) is 0 Å². The van der Waals surface area contributed by atoms with Crippen molar-refractivity contribution in [2.45, 2.75) is 138 Å². The number of rotatable bonds is 13. The van der Waals surface area contributed by atoms with Gasteiger partial charge in [0.2, 0.25) is 0 Å². The molecule has 2 fully saturated rings. The van der Waals surface area contributed by atoms with Crippen molar-refractivity contribution in [3.05, 3.63) is 34.4 Å². The summed E-state index contributed by atoms with van der Waals surface area (Å²) >= 11 is 0. The molecular weight excluding hydrogens is 771 g/mol. The molecule has 52 heavy (non-hydrogen) atoms. The van der Waals surface area contributed by atoms with E-state index in [0.29, 0.717) is 5.92 Å². The fraction of sp³-hybridized carbons (Fsp3) is 0.806. The lowest BCUT2D eigenvalue weighted by Crippen LogP contribution is -2.74. The minimum atomic E-state index is -9.03. The zero-order valence-electron chi connectivity index (χ0n) is 26.7. The number of halogens is 21. The highest BCUT2D eigenvalue weighted by Gasteiger charge is 2.95.